The molecule has 0 unspecified atom stereocenters. The fourth-order valence-electron chi connectivity index (χ4n) is 2.51. The summed E-state index contributed by atoms with van der Waals surface area (Å²) in [5, 5.41) is 7.71. The van der Waals surface area contributed by atoms with E-state index in [0.717, 1.165) is 37.0 Å². The fourth-order valence-corrected chi connectivity index (χ4v) is 4.99. The van der Waals surface area contributed by atoms with Crippen molar-refractivity contribution in [1.82, 2.24) is 9.88 Å². The van der Waals surface area contributed by atoms with Crippen molar-refractivity contribution in [3.05, 3.63) is 28.2 Å². The molecule has 2 heterocycles. The quantitative estimate of drug-likeness (QED) is 0.858. The zero-order chi connectivity index (χ0) is 16.4. The molecule has 0 radical (unpaired) electrons. The second kappa shape index (κ2) is 6.42. The summed E-state index contributed by atoms with van der Waals surface area (Å²) in [5.74, 6) is 0.468. The maximum Gasteiger partial charge on any atom is 0.267 e. The van der Waals surface area contributed by atoms with Gasteiger partial charge in [0, 0.05) is 17.5 Å². The Balaban J connectivity index is 1.70. The number of hydrogen-bond donors (Lipinski definition) is 2. The molecule has 1 aliphatic rings. The van der Waals surface area contributed by atoms with Gasteiger partial charge in [-0.25, -0.2) is 13.1 Å². The molecule has 2 aromatic heterocycles. The number of anilines is 1. The molecule has 2 N–H and O–H groups in total. The first-order chi connectivity index (χ1) is 10.9. The number of aromatic nitrogens is 1. The van der Waals surface area contributed by atoms with Crippen LogP contribution < -0.4 is 10.0 Å². The lowest BCUT2D eigenvalue weighted by Gasteiger charge is -2.10. The van der Waals surface area contributed by atoms with Crippen LogP contribution >= 0.6 is 11.3 Å². The molecule has 3 rings (SSSR count). The number of carbonyl (C=O) groups excluding carboxylic acids is 1. The topological polar surface area (TPSA) is 101 Å². The molecule has 0 aliphatic heterocycles. The molecular formula is C14H17N3O4S2. The minimum atomic E-state index is -3.58. The van der Waals surface area contributed by atoms with Crippen LogP contribution in [0.1, 0.15) is 41.1 Å². The molecular weight excluding hydrogens is 338 g/mol. The Hall–Kier alpha value is -1.71. The highest BCUT2D eigenvalue weighted by molar-refractivity contribution is 7.89. The SMILES string of the molecule is Cc1cc(NC(=O)c2cc(S(=O)(=O)NC3CCCC3)cs2)no1. The van der Waals surface area contributed by atoms with E-state index in [-0.39, 0.29) is 10.9 Å². The van der Waals surface area contributed by atoms with E-state index < -0.39 is 15.9 Å². The molecule has 2 aromatic rings. The minimum Gasteiger partial charge on any atom is -0.360 e. The Morgan fingerprint density at radius 3 is 2.74 bits per heavy atom. The third kappa shape index (κ3) is 3.80. The van der Waals surface area contributed by atoms with Crippen molar-refractivity contribution >= 4 is 33.1 Å². The van der Waals surface area contributed by atoms with Crippen LogP contribution in [0.2, 0.25) is 0 Å². The number of carbonyl (C=O) groups is 1. The van der Waals surface area contributed by atoms with E-state index >= 15 is 0 Å². The van der Waals surface area contributed by atoms with Crippen LogP contribution in [-0.4, -0.2) is 25.5 Å². The second-order valence-electron chi connectivity index (χ2n) is 5.53. The lowest BCUT2D eigenvalue weighted by atomic mass is 10.3. The lowest BCUT2D eigenvalue weighted by molar-refractivity contribution is 0.102. The van der Waals surface area contributed by atoms with Crippen LogP contribution in [0.5, 0.6) is 0 Å². The molecule has 0 aromatic carbocycles. The summed E-state index contributed by atoms with van der Waals surface area (Å²) in [7, 11) is -3.58. The van der Waals surface area contributed by atoms with E-state index in [0.29, 0.717) is 16.5 Å². The van der Waals surface area contributed by atoms with Crippen LogP contribution in [-0.2, 0) is 10.0 Å². The Labute approximate surface area is 138 Å². The molecule has 1 saturated carbocycles. The molecule has 1 aliphatic carbocycles. The molecule has 23 heavy (non-hydrogen) atoms. The summed E-state index contributed by atoms with van der Waals surface area (Å²) in [6.07, 6.45) is 3.81. The van der Waals surface area contributed by atoms with E-state index in [9.17, 15) is 13.2 Å². The number of hydrogen-bond acceptors (Lipinski definition) is 6. The normalized spacial score (nSPS) is 15.9. The average Bonchev–Trinajstić information content (AvgIpc) is 3.19. The first-order valence-corrected chi connectivity index (χ1v) is 9.66. The van der Waals surface area contributed by atoms with Gasteiger partial charge in [-0.05, 0) is 25.8 Å². The van der Waals surface area contributed by atoms with Crippen molar-refractivity contribution in [3.63, 3.8) is 0 Å². The van der Waals surface area contributed by atoms with E-state index in [1.54, 1.807) is 13.0 Å². The van der Waals surface area contributed by atoms with Crippen LogP contribution in [0.3, 0.4) is 0 Å². The molecule has 0 saturated heterocycles. The maximum atomic E-state index is 12.3. The van der Waals surface area contributed by atoms with Gasteiger partial charge < -0.3 is 9.84 Å². The number of nitrogens with one attached hydrogen (secondary N) is 2. The Morgan fingerprint density at radius 2 is 2.09 bits per heavy atom. The van der Waals surface area contributed by atoms with Gasteiger partial charge in [0.1, 0.15) is 5.76 Å². The van der Waals surface area contributed by atoms with Gasteiger partial charge in [-0.15, -0.1) is 11.3 Å². The Morgan fingerprint density at radius 1 is 1.35 bits per heavy atom. The van der Waals surface area contributed by atoms with Crippen molar-refractivity contribution in [1.29, 1.82) is 0 Å². The number of aryl methyl sites for hydroxylation is 1. The van der Waals surface area contributed by atoms with Gasteiger partial charge in [0.15, 0.2) is 5.82 Å². The number of nitrogens with zero attached hydrogens (tertiary/aromatic N) is 1. The van der Waals surface area contributed by atoms with Gasteiger partial charge in [-0.3, -0.25) is 4.79 Å². The largest absolute Gasteiger partial charge is 0.360 e. The van der Waals surface area contributed by atoms with Crippen LogP contribution in [0, 0.1) is 6.92 Å². The smallest absolute Gasteiger partial charge is 0.267 e. The molecule has 1 fully saturated rings. The van der Waals surface area contributed by atoms with E-state index in [4.69, 9.17) is 4.52 Å². The molecule has 0 spiro atoms. The predicted molar refractivity (Wildman–Crippen MR) is 86.1 cm³/mol. The van der Waals surface area contributed by atoms with Gasteiger partial charge >= 0.3 is 0 Å². The van der Waals surface area contributed by atoms with Crippen molar-refractivity contribution < 1.29 is 17.7 Å². The lowest BCUT2D eigenvalue weighted by Crippen LogP contribution is -2.32. The number of amides is 1. The summed E-state index contributed by atoms with van der Waals surface area (Å²) in [4.78, 5) is 12.5. The summed E-state index contributed by atoms with van der Waals surface area (Å²) in [6, 6.07) is 2.96. The van der Waals surface area contributed by atoms with E-state index in [1.165, 1.54) is 11.4 Å². The number of sulfonamides is 1. The Bertz CT molecular complexity index is 804. The predicted octanol–water partition coefficient (Wildman–Crippen LogP) is 2.52. The van der Waals surface area contributed by atoms with Crippen LogP contribution in [0.4, 0.5) is 5.82 Å². The monoisotopic (exact) mass is 355 g/mol. The van der Waals surface area contributed by atoms with Crippen molar-refractivity contribution in [3.8, 4) is 0 Å². The summed E-state index contributed by atoms with van der Waals surface area (Å²) < 4.78 is 32.2. The summed E-state index contributed by atoms with van der Waals surface area (Å²) >= 11 is 1.08. The molecule has 1 amide bonds. The molecule has 9 heteroatoms. The van der Waals surface area contributed by atoms with Crippen molar-refractivity contribution in [2.45, 2.75) is 43.5 Å². The average molecular weight is 355 g/mol. The zero-order valence-corrected chi connectivity index (χ0v) is 14.2. The van der Waals surface area contributed by atoms with Crippen LogP contribution in [0.25, 0.3) is 0 Å². The standard InChI is InChI=1S/C14H17N3O4S2/c1-9-6-13(16-21-9)15-14(18)12-7-11(8-22-12)23(19,20)17-10-4-2-3-5-10/h6-8,10,17H,2-5H2,1H3,(H,15,16,18). The highest BCUT2D eigenvalue weighted by atomic mass is 32.2. The summed E-state index contributed by atoms with van der Waals surface area (Å²) in [6.45, 7) is 1.72. The maximum absolute atomic E-state index is 12.3. The minimum absolute atomic E-state index is 0.00437. The first-order valence-electron chi connectivity index (χ1n) is 7.29. The van der Waals surface area contributed by atoms with Crippen molar-refractivity contribution in [2.24, 2.45) is 0 Å². The molecule has 0 atom stereocenters. The molecule has 124 valence electrons. The fraction of sp³-hybridized carbons (Fsp3) is 0.429. The summed E-state index contributed by atoms with van der Waals surface area (Å²) in [5.41, 5.74) is 0. The number of rotatable bonds is 5. The third-order valence-corrected chi connectivity index (χ3v) is 6.23. The van der Waals surface area contributed by atoms with Crippen LogP contribution in [0.15, 0.2) is 26.9 Å². The van der Waals surface area contributed by atoms with Gasteiger partial charge in [0.05, 0.1) is 9.77 Å². The van der Waals surface area contributed by atoms with Gasteiger partial charge in [0.25, 0.3) is 5.91 Å². The van der Waals surface area contributed by atoms with E-state index in [1.807, 2.05) is 0 Å². The zero-order valence-electron chi connectivity index (χ0n) is 12.5. The van der Waals surface area contributed by atoms with Gasteiger partial charge in [-0.2, -0.15) is 0 Å². The molecule has 0 bridgehead atoms. The number of thiophene rings is 1. The Kier molecular flexibility index (Phi) is 4.51. The first kappa shape index (κ1) is 16.2. The van der Waals surface area contributed by atoms with Gasteiger partial charge in [-0.1, -0.05) is 18.0 Å². The van der Waals surface area contributed by atoms with E-state index in [2.05, 4.69) is 15.2 Å². The highest BCUT2D eigenvalue weighted by Gasteiger charge is 2.24. The van der Waals surface area contributed by atoms with Crippen molar-refractivity contribution in [2.75, 3.05) is 5.32 Å². The third-order valence-electron chi connectivity index (χ3n) is 3.66. The van der Waals surface area contributed by atoms with Gasteiger partial charge in [0.2, 0.25) is 10.0 Å². The highest BCUT2D eigenvalue weighted by Crippen LogP contribution is 2.24. The second-order valence-corrected chi connectivity index (χ2v) is 8.15. The molecule has 7 nitrogen and oxygen atoms in total.